The molecule has 0 radical (unpaired) electrons. The van der Waals surface area contributed by atoms with E-state index in [0.29, 0.717) is 0 Å². The number of carbonyl (C=O) groups is 1. The normalized spacial score (nSPS) is 10.8. The quantitative estimate of drug-likeness (QED) is 0.664. The van der Waals surface area contributed by atoms with Gasteiger partial charge in [-0.15, -0.1) is 0 Å². The monoisotopic (exact) mass is 183 g/mol. The summed E-state index contributed by atoms with van der Waals surface area (Å²) in [5.74, 6) is -0.333. The highest BCUT2D eigenvalue weighted by Crippen LogP contribution is 2.29. The molecule has 64 valence electrons. The summed E-state index contributed by atoms with van der Waals surface area (Å²) in [4.78, 5) is 9.22. The molecule has 2 rings (SSSR count). The lowest BCUT2D eigenvalue weighted by Crippen LogP contribution is -2.01. The largest absolute Gasteiger partial charge is 0.370 e. The second kappa shape index (κ2) is 3.59. The minimum Gasteiger partial charge on any atom is -0.370 e. The SMILES string of the molecule is CC(N)=O.Clc1ccc2c(c1)C2. The number of fused-ring (bicyclic) bond motifs is 1. The molecule has 0 bridgehead atoms. The van der Waals surface area contributed by atoms with Crippen LogP contribution >= 0.6 is 11.6 Å². The van der Waals surface area contributed by atoms with Crippen LogP contribution < -0.4 is 5.73 Å². The lowest BCUT2D eigenvalue weighted by molar-refractivity contribution is -0.115. The molecular weight excluding hydrogens is 174 g/mol. The number of nitrogens with two attached hydrogens (primary N) is 1. The summed E-state index contributed by atoms with van der Waals surface area (Å²) in [5.41, 5.74) is 7.34. The molecule has 0 aromatic heterocycles. The average molecular weight is 184 g/mol. The first-order valence-corrected chi connectivity index (χ1v) is 4.00. The third-order valence-corrected chi connectivity index (χ3v) is 1.66. The first-order valence-electron chi connectivity index (χ1n) is 3.63. The van der Waals surface area contributed by atoms with Crippen LogP contribution in [0, 0.1) is 0 Å². The summed E-state index contributed by atoms with van der Waals surface area (Å²) in [6.07, 6.45) is 1.16. The fourth-order valence-electron chi connectivity index (χ4n) is 0.865. The molecule has 1 aromatic rings. The van der Waals surface area contributed by atoms with Gasteiger partial charge >= 0.3 is 0 Å². The number of hydrogen-bond acceptors (Lipinski definition) is 1. The summed E-state index contributed by atoms with van der Waals surface area (Å²) >= 11 is 5.68. The molecule has 0 atom stereocenters. The maximum absolute atomic E-state index is 9.22. The molecule has 0 aliphatic heterocycles. The highest BCUT2D eigenvalue weighted by molar-refractivity contribution is 6.30. The molecule has 3 heteroatoms. The van der Waals surface area contributed by atoms with Crippen molar-refractivity contribution in [2.45, 2.75) is 13.3 Å². The van der Waals surface area contributed by atoms with Crippen LogP contribution in [0.3, 0.4) is 0 Å². The van der Waals surface area contributed by atoms with Crippen LogP contribution in [0.15, 0.2) is 18.2 Å². The van der Waals surface area contributed by atoms with Crippen LogP contribution in [0.1, 0.15) is 18.1 Å². The van der Waals surface area contributed by atoms with Crippen LogP contribution in [-0.4, -0.2) is 5.91 Å². The van der Waals surface area contributed by atoms with Crippen molar-refractivity contribution in [3.63, 3.8) is 0 Å². The zero-order valence-corrected chi connectivity index (χ0v) is 7.56. The van der Waals surface area contributed by atoms with Crippen LogP contribution in [0.5, 0.6) is 0 Å². The van der Waals surface area contributed by atoms with E-state index in [2.05, 4.69) is 11.8 Å². The first-order chi connectivity index (χ1) is 5.59. The van der Waals surface area contributed by atoms with E-state index in [9.17, 15) is 4.79 Å². The van der Waals surface area contributed by atoms with Crippen molar-refractivity contribution in [3.05, 3.63) is 34.3 Å². The zero-order chi connectivity index (χ0) is 9.14. The van der Waals surface area contributed by atoms with E-state index in [4.69, 9.17) is 11.6 Å². The minimum absolute atomic E-state index is 0.333. The standard InChI is InChI=1S/C7H5Cl.C2H5NO/c8-7-2-1-5-3-6(5)4-7;1-2(3)4/h1-2,4H,3H2;1H3,(H2,3,4). The van der Waals surface area contributed by atoms with Gasteiger partial charge in [0.05, 0.1) is 0 Å². The summed E-state index contributed by atoms with van der Waals surface area (Å²) in [6, 6.07) is 6.04. The number of halogens is 1. The van der Waals surface area contributed by atoms with Crippen molar-refractivity contribution in [3.8, 4) is 0 Å². The van der Waals surface area contributed by atoms with Gasteiger partial charge < -0.3 is 5.73 Å². The van der Waals surface area contributed by atoms with Crippen molar-refractivity contribution >= 4 is 17.5 Å². The predicted molar refractivity (Wildman–Crippen MR) is 49.1 cm³/mol. The van der Waals surface area contributed by atoms with Crippen LogP contribution in [-0.2, 0) is 11.2 Å². The van der Waals surface area contributed by atoms with E-state index in [1.165, 1.54) is 18.1 Å². The van der Waals surface area contributed by atoms with Crippen LogP contribution in [0.4, 0.5) is 0 Å². The Morgan fingerprint density at radius 3 is 2.50 bits per heavy atom. The molecule has 0 unspecified atom stereocenters. The Balaban J connectivity index is 0.000000157. The van der Waals surface area contributed by atoms with Gasteiger partial charge in [0.25, 0.3) is 0 Å². The van der Waals surface area contributed by atoms with Crippen molar-refractivity contribution in [1.82, 2.24) is 0 Å². The molecule has 1 aromatic carbocycles. The van der Waals surface area contributed by atoms with Crippen LogP contribution in [0.25, 0.3) is 0 Å². The third-order valence-electron chi connectivity index (χ3n) is 1.42. The molecule has 0 spiro atoms. The maximum atomic E-state index is 9.22. The van der Waals surface area contributed by atoms with Gasteiger partial charge in [0, 0.05) is 11.9 Å². The van der Waals surface area contributed by atoms with E-state index < -0.39 is 0 Å². The van der Waals surface area contributed by atoms with Crippen LogP contribution in [0.2, 0.25) is 5.02 Å². The number of amides is 1. The Bertz CT molecular complexity index is 305. The van der Waals surface area contributed by atoms with Gasteiger partial charge in [0.1, 0.15) is 0 Å². The highest BCUT2D eigenvalue weighted by Gasteiger charge is 2.14. The Morgan fingerprint density at radius 1 is 1.50 bits per heavy atom. The van der Waals surface area contributed by atoms with Gasteiger partial charge in [-0.3, -0.25) is 4.79 Å². The molecule has 0 saturated carbocycles. The van der Waals surface area contributed by atoms with E-state index in [1.54, 1.807) is 0 Å². The predicted octanol–water partition coefficient (Wildman–Crippen LogP) is 1.74. The molecule has 0 heterocycles. The fourth-order valence-corrected chi connectivity index (χ4v) is 1.06. The molecule has 1 aliphatic carbocycles. The maximum Gasteiger partial charge on any atom is 0.214 e. The van der Waals surface area contributed by atoms with Gasteiger partial charge in [-0.2, -0.15) is 0 Å². The average Bonchev–Trinajstić information content (AvgIpc) is 2.63. The minimum atomic E-state index is -0.333. The Labute approximate surface area is 76.3 Å². The van der Waals surface area contributed by atoms with Gasteiger partial charge in [-0.25, -0.2) is 0 Å². The van der Waals surface area contributed by atoms with Gasteiger partial charge in [-0.05, 0) is 29.7 Å². The number of primary amides is 1. The van der Waals surface area contributed by atoms with E-state index in [1.807, 2.05) is 12.1 Å². The highest BCUT2D eigenvalue weighted by atomic mass is 35.5. The summed E-state index contributed by atoms with van der Waals surface area (Å²) in [7, 11) is 0. The van der Waals surface area contributed by atoms with Crippen molar-refractivity contribution < 1.29 is 4.79 Å². The van der Waals surface area contributed by atoms with Crippen molar-refractivity contribution in [2.75, 3.05) is 0 Å². The third kappa shape index (κ3) is 2.93. The second-order valence-corrected chi connectivity index (χ2v) is 3.14. The molecule has 1 amide bonds. The molecule has 0 saturated heterocycles. The van der Waals surface area contributed by atoms with Crippen molar-refractivity contribution in [1.29, 1.82) is 0 Å². The first kappa shape index (κ1) is 9.07. The molecule has 12 heavy (non-hydrogen) atoms. The van der Waals surface area contributed by atoms with Crippen molar-refractivity contribution in [2.24, 2.45) is 5.73 Å². The van der Waals surface area contributed by atoms with Gasteiger partial charge in [0.15, 0.2) is 0 Å². The smallest absolute Gasteiger partial charge is 0.214 e. The molecule has 1 aliphatic rings. The lowest BCUT2D eigenvalue weighted by atomic mass is 10.4. The number of rotatable bonds is 0. The Hall–Kier alpha value is -1.02. The number of benzene rings is 1. The number of carbonyl (C=O) groups excluding carboxylic acids is 1. The van der Waals surface area contributed by atoms with Gasteiger partial charge in [-0.1, -0.05) is 17.7 Å². The molecular formula is C9H10ClNO. The summed E-state index contributed by atoms with van der Waals surface area (Å²) in [6.45, 7) is 1.31. The molecule has 2 nitrogen and oxygen atoms in total. The number of hydrogen-bond donors (Lipinski definition) is 1. The van der Waals surface area contributed by atoms with E-state index >= 15 is 0 Å². The van der Waals surface area contributed by atoms with E-state index in [-0.39, 0.29) is 5.91 Å². The zero-order valence-electron chi connectivity index (χ0n) is 6.80. The summed E-state index contributed by atoms with van der Waals surface area (Å²) < 4.78 is 0. The Morgan fingerprint density at radius 2 is 2.08 bits per heavy atom. The summed E-state index contributed by atoms with van der Waals surface area (Å²) in [5, 5.41) is 0.862. The fraction of sp³-hybridized carbons (Fsp3) is 0.222. The topological polar surface area (TPSA) is 43.1 Å². The molecule has 0 fully saturated rings. The molecule has 2 N–H and O–H groups in total. The Kier molecular flexibility index (Phi) is 2.71. The van der Waals surface area contributed by atoms with Gasteiger partial charge in [0.2, 0.25) is 5.91 Å². The van der Waals surface area contributed by atoms with E-state index in [0.717, 1.165) is 11.4 Å². The second-order valence-electron chi connectivity index (χ2n) is 2.70. The lowest BCUT2D eigenvalue weighted by Gasteiger charge is -1.79.